The quantitative estimate of drug-likeness (QED) is 0.709. The van der Waals surface area contributed by atoms with Crippen molar-refractivity contribution in [1.29, 1.82) is 0 Å². The predicted octanol–water partition coefficient (Wildman–Crippen LogP) is 1.48. The molecule has 0 aliphatic carbocycles. The summed E-state index contributed by atoms with van der Waals surface area (Å²) in [5, 5.41) is 3.12. The van der Waals surface area contributed by atoms with Crippen LogP contribution in [0.25, 0.3) is 0 Å². The molecular weight excluding hydrogens is 268 g/mol. The van der Waals surface area contributed by atoms with Gasteiger partial charge in [0.2, 0.25) is 10.0 Å². The highest BCUT2D eigenvalue weighted by Gasteiger charge is 2.07. The van der Waals surface area contributed by atoms with E-state index < -0.39 is 10.0 Å². The van der Waals surface area contributed by atoms with Crippen LogP contribution in [0.3, 0.4) is 0 Å². The van der Waals surface area contributed by atoms with Crippen molar-refractivity contribution < 1.29 is 17.9 Å². The first-order valence-electron chi connectivity index (χ1n) is 5.90. The summed E-state index contributed by atoms with van der Waals surface area (Å²) in [4.78, 5) is 0. The molecule has 0 radical (unpaired) electrons. The second-order valence-corrected chi connectivity index (χ2v) is 5.88. The highest BCUT2D eigenvalue weighted by Crippen LogP contribution is 2.15. The fourth-order valence-corrected chi connectivity index (χ4v) is 2.01. The third-order valence-corrected chi connectivity index (χ3v) is 3.84. The van der Waals surface area contributed by atoms with Crippen LogP contribution in [0.2, 0.25) is 0 Å². The van der Waals surface area contributed by atoms with E-state index in [0.29, 0.717) is 12.2 Å². The summed E-state index contributed by atoms with van der Waals surface area (Å²) < 4.78 is 35.3. The number of rotatable bonds is 8. The van der Waals surface area contributed by atoms with Crippen molar-refractivity contribution in [3.63, 3.8) is 0 Å². The molecule has 0 bridgehead atoms. The van der Waals surface area contributed by atoms with Gasteiger partial charge >= 0.3 is 0 Å². The number of anilines is 2. The Morgan fingerprint density at radius 3 is 2.11 bits per heavy atom. The Kier molecular flexibility index (Phi) is 6.07. The second-order valence-electron chi connectivity index (χ2n) is 3.86. The van der Waals surface area contributed by atoms with Crippen LogP contribution in [0.1, 0.15) is 6.92 Å². The minimum absolute atomic E-state index is 0.0519. The van der Waals surface area contributed by atoms with Gasteiger partial charge in [-0.2, -0.15) is 0 Å². The number of nitrogens with one attached hydrogen (secondary N) is 2. The van der Waals surface area contributed by atoms with E-state index >= 15 is 0 Å². The van der Waals surface area contributed by atoms with Gasteiger partial charge in [-0.3, -0.25) is 4.72 Å². The number of sulfonamides is 1. The van der Waals surface area contributed by atoms with Crippen LogP contribution in [0.15, 0.2) is 24.3 Å². The van der Waals surface area contributed by atoms with E-state index in [1.807, 2.05) is 0 Å². The van der Waals surface area contributed by atoms with Gasteiger partial charge in [-0.05, 0) is 31.2 Å². The Morgan fingerprint density at radius 1 is 1.11 bits per heavy atom. The maximum atomic E-state index is 11.4. The molecule has 0 fully saturated rings. The molecule has 6 nitrogen and oxygen atoms in total. The third kappa shape index (κ3) is 5.46. The summed E-state index contributed by atoms with van der Waals surface area (Å²) in [5.74, 6) is 0.0519. The average molecular weight is 288 g/mol. The minimum atomic E-state index is -3.23. The maximum Gasteiger partial charge on any atom is 0.232 e. The zero-order chi connectivity index (χ0) is 14.3. The molecule has 1 aromatic carbocycles. The molecule has 19 heavy (non-hydrogen) atoms. The van der Waals surface area contributed by atoms with Gasteiger partial charge in [0.1, 0.15) is 0 Å². The lowest BCUT2D eigenvalue weighted by Crippen LogP contribution is -2.23. The lowest BCUT2D eigenvalue weighted by atomic mass is 10.3. The lowest BCUT2D eigenvalue weighted by molar-refractivity contribution is -0.0914. The van der Waals surface area contributed by atoms with Gasteiger partial charge in [0.25, 0.3) is 0 Å². The van der Waals surface area contributed by atoms with Gasteiger partial charge in [0.15, 0.2) is 6.29 Å². The van der Waals surface area contributed by atoms with E-state index in [9.17, 15) is 8.42 Å². The van der Waals surface area contributed by atoms with Crippen molar-refractivity contribution in [3.8, 4) is 0 Å². The monoisotopic (exact) mass is 288 g/mol. The number of hydrogen-bond donors (Lipinski definition) is 2. The average Bonchev–Trinajstić information content (AvgIpc) is 2.41. The fraction of sp³-hybridized carbons (Fsp3) is 0.500. The van der Waals surface area contributed by atoms with Crippen LogP contribution in [-0.4, -0.2) is 41.2 Å². The van der Waals surface area contributed by atoms with Crippen molar-refractivity contribution in [2.75, 3.05) is 36.6 Å². The van der Waals surface area contributed by atoms with Gasteiger partial charge in [-0.15, -0.1) is 0 Å². The molecule has 0 saturated heterocycles. The molecule has 0 atom stereocenters. The van der Waals surface area contributed by atoms with Crippen LogP contribution in [0, 0.1) is 0 Å². The van der Waals surface area contributed by atoms with E-state index in [0.717, 1.165) is 5.69 Å². The summed E-state index contributed by atoms with van der Waals surface area (Å²) in [6.07, 6.45) is -0.321. The molecule has 0 aromatic heterocycles. The van der Waals surface area contributed by atoms with Gasteiger partial charge in [-0.1, -0.05) is 0 Å². The van der Waals surface area contributed by atoms with Crippen LogP contribution in [0.5, 0.6) is 0 Å². The molecule has 0 saturated carbocycles. The standard InChI is InChI=1S/C12H20N2O4S/c1-4-19(15,16)14-11-7-5-10(6-8-11)13-9-12(17-2)18-3/h5-8,12-14H,4,9H2,1-3H3. The van der Waals surface area contributed by atoms with Crippen molar-refractivity contribution in [2.45, 2.75) is 13.2 Å². The second kappa shape index (κ2) is 7.32. The van der Waals surface area contributed by atoms with E-state index in [-0.39, 0.29) is 12.0 Å². The zero-order valence-corrected chi connectivity index (χ0v) is 12.2. The van der Waals surface area contributed by atoms with Gasteiger partial charge in [-0.25, -0.2) is 8.42 Å². The summed E-state index contributed by atoms with van der Waals surface area (Å²) in [6.45, 7) is 2.10. The number of ether oxygens (including phenoxy) is 2. The molecule has 0 aliphatic heterocycles. The zero-order valence-electron chi connectivity index (χ0n) is 11.3. The maximum absolute atomic E-state index is 11.4. The summed E-state index contributed by atoms with van der Waals surface area (Å²) in [6, 6.07) is 6.97. The lowest BCUT2D eigenvalue weighted by Gasteiger charge is -2.15. The first-order chi connectivity index (χ1) is 9.00. The molecule has 7 heteroatoms. The molecule has 0 spiro atoms. The molecule has 108 valence electrons. The molecule has 2 N–H and O–H groups in total. The van der Waals surface area contributed by atoms with E-state index in [1.165, 1.54) is 0 Å². The Hall–Kier alpha value is -1.31. The number of hydrogen-bond acceptors (Lipinski definition) is 5. The largest absolute Gasteiger partial charge is 0.380 e. The molecule has 0 unspecified atom stereocenters. The molecule has 1 rings (SSSR count). The van der Waals surface area contributed by atoms with Crippen LogP contribution in [0.4, 0.5) is 11.4 Å². The van der Waals surface area contributed by atoms with Crippen LogP contribution >= 0.6 is 0 Å². The SMILES string of the molecule is CCS(=O)(=O)Nc1ccc(NCC(OC)OC)cc1. The van der Waals surface area contributed by atoms with Crippen LogP contribution in [-0.2, 0) is 19.5 Å². The Morgan fingerprint density at radius 2 is 1.63 bits per heavy atom. The predicted molar refractivity (Wildman–Crippen MR) is 75.8 cm³/mol. The summed E-state index contributed by atoms with van der Waals surface area (Å²) in [7, 11) is -0.0936. The van der Waals surface area contributed by atoms with Gasteiger partial charge in [0, 0.05) is 25.6 Å². The number of methoxy groups -OCH3 is 2. The normalized spacial score (nSPS) is 11.6. The molecule has 0 amide bonds. The van der Waals surface area contributed by atoms with E-state index in [4.69, 9.17) is 9.47 Å². The van der Waals surface area contributed by atoms with Crippen molar-refractivity contribution >= 4 is 21.4 Å². The fourth-order valence-electron chi connectivity index (χ4n) is 1.37. The molecule has 0 heterocycles. The van der Waals surface area contributed by atoms with Crippen molar-refractivity contribution in [2.24, 2.45) is 0 Å². The van der Waals surface area contributed by atoms with Gasteiger partial charge in [0.05, 0.1) is 12.3 Å². The van der Waals surface area contributed by atoms with E-state index in [2.05, 4.69) is 10.0 Å². The Labute approximate surface area is 114 Å². The van der Waals surface area contributed by atoms with Gasteiger partial charge < -0.3 is 14.8 Å². The Bertz CT molecular complexity index is 469. The molecule has 0 aliphatic rings. The highest BCUT2D eigenvalue weighted by molar-refractivity contribution is 7.92. The third-order valence-electron chi connectivity index (χ3n) is 2.54. The van der Waals surface area contributed by atoms with Crippen molar-refractivity contribution in [3.05, 3.63) is 24.3 Å². The van der Waals surface area contributed by atoms with E-state index in [1.54, 1.807) is 45.4 Å². The first kappa shape index (κ1) is 15.7. The molecular formula is C12H20N2O4S. The highest BCUT2D eigenvalue weighted by atomic mass is 32.2. The molecule has 1 aromatic rings. The summed E-state index contributed by atoms with van der Waals surface area (Å²) in [5.41, 5.74) is 1.40. The minimum Gasteiger partial charge on any atom is -0.380 e. The first-order valence-corrected chi connectivity index (χ1v) is 7.56. The van der Waals surface area contributed by atoms with Crippen molar-refractivity contribution in [1.82, 2.24) is 0 Å². The number of benzene rings is 1. The van der Waals surface area contributed by atoms with Crippen LogP contribution < -0.4 is 10.0 Å². The topological polar surface area (TPSA) is 76.7 Å². The smallest absolute Gasteiger partial charge is 0.232 e. The summed E-state index contributed by atoms with van der Waals surface area (Å²) >= 11 is 0. The Balaban J connectivity index is 2.57.